The van der Waals surface area contributed by atoms with Crippen LogP contribution >= 0.6 is 0 Å². The van der Waals surface area contributed by atoms with Gasteiger partial charge in [-0.1, -0.05) is 133 Å². The second-order valence-electron chi connectivity index (χ2n) is 13.3. The van der Waals surface area contributed by atoms with E-state index < -0.39 is 0 Å². The summed E-state index contributed by atoms with van der Waals surface area (Å²) in [6, 6.07) is 57.6. The summed E-state index contributed by atoms with van der Waals surface area (Å²) in [5.74, 6) is 0.831. The van der Waals surface area contributed by atoms with Crippen molar-refractivity contribution in [1.29, 1.82) is 0 Å². The molecule has 2 heteroatoms. The molecule has 10 aromatic rings. The standard InChI is InChI=1S/C47H28N2/c1-2-11-28(12-3-1)47-38-17-8-9-20-42(38)48-43(49-47)27-33-23-32-21-22-37-34-16-7-6-15-31(34)26-41-40-25-30-14-5-4-13-29(30)24-39(40)36-19-10-18-35(33)45(36)44(32)46(37)41/h1-26H,27H2. The molecule has 0 N–H and O–H groups in total. The predicted octanol–water partition coefficient (Wildman–Crippen LogP) is 12.3. The molecule has 1 aliphatic carbocycles. The van der Waals surface area contributed by atoms with Gasteiger partial charge in [0.1, 0.15) is 5.82 Å². The van der Waals surface area contributed by atoms with E-state index >= 15 is 0 Å². The molecule has 11 rings (SSSR count). The Hall–Kier alpha value is -6.38. The molecule has 0 saturated heterocycles. The Labute approximate surface area is 282 Å². The molecule has 49 heavy (non-hydrogen) atoms. The van der Waals surface area contributed by atoms with Gasteiger partial charge in [-0.05, 0) is 106 Å². The van der Waals surface area contributed by atoms with Crippen LogP contribution in [0.4, 0.5) is 0 Å². The van der Waals surface area contributed by atoms with Gasteiger partial charge in [0.05, 0.1) is 11.2 Å². The number of para-hydroxylation sites is 1. The van der Waals surface area contributed by atoms with Crippen LogP contribution in [-0.2, 0) is 6.42 Å². The molecular formula is C47H28N2. The molecule has 0 saturated carbocycles. The lowest BCUT2D eigenvalue weighted by molar-refractivity contribution is 1.00. The number of fused-ring (bicyclic) bond motifs is 7. The highest BCUT2D eigenvalue weighted by molar-refractivity contribution is 6.33. The maximum absolute atomic E-state index is 5.25. The summed E-state index contributed by atoms with van der Waals surface area (Å²) in [4.78, 5) is 10.4. The molecule has 0 unspecified atom stereocenters. The molecule has 226 valence electrons. The maximum atomic E-state index is 5.25. The normalized spacial score (nSPS) is 12.2. The number of nitrogens with zero attached hydrogens (tertiary/aromatic N) is 2. The first kappa shape index (κ1) is 26.7. The minimum Gasteiger partial charge on any atom is -0.233 e. The van der Waals surface area contributed by atoms with Crippen LogP contribution in [0.5, 0.6) is 0 Å². The van der Waals surface area contributed by atoms with Crippen molar-refractivity contribution in [2.75, 3.05) is 0 Å². The number of benzene rings is 9. The number of rotatable bonds is 3. The summed E-state index contributed by atoms with van der Waals surface area (Å²) in [6.07, 6.45) is 0.633. The summed E-state index contributed by atoms with van der Waals surface area (Å²) >= 11 is 0. The SMILES string of the molecule is c1ccc(-c2nc(Cc3cc4ccc5c6ccccc6cc6c5c4c4c(cccc34)-c3cc4ccccc4cc3-6)nc3ccccc23)cc1. The number of hydrogen-bond donors (Lipinski definition) is 0. The van der Waals surface area contributed by atoms with Crippen molar-refractivity contribution in [1.82, 2.24) is 9.97 Å². The van der Waals surface area contributed by atoms with Crippen LogP contribution in [0, 0.1) is 0 Å². The van der Waals surface area contributed by atoms with Gasteiger partial charge in [-0.3, -0.25) is 0 Å². The Morgan fingerprint density at radius 3 is 1.86 bits per heavy atom. The van der Waals surface area contributed by atoms with Gasteiger partial charge < -0.3 is 0 Å². The zero-order valence-corrected chi connectivity index (χ0v) is 26.6. The molecule has 0 fully saturated rings. The van der Waals surface area contributed by atoms with Crippen LogP contribution < -0.4 is 0 Å². The number of aromatic nitrogens is 2. The first-order valence-electron chi connectivity index (χ1n) is 17.0. The van der Waals surface area contributed by atoms with Gasteiger partial charge in [0.2, 0.25) is 0 Å². The van der Waals surface area contributed by atoms with Crippen LogP contribution in [0.2, 0.25) is 0 Å². The second kappa shape index (κ2) is 10.1. The molecular weight excluding hydrogens is 593 g/mol. The summed E-state index contributed by atoms with van der Waals surface area (Å²) in [7, 11) is 0. The molecule has 1 aromatic heterocycles. The molecule has 0 spiro atoms. The highest BCUT2D eigenvalue weighted by Crippen LogP contribution is 2.51. The van der Waals surface area contributed by atoms with E-state index in [1.54, 1.807) is 0 Å². The van der Waals surface area contributed by atoms with Crippen LogP contribution in [0.1, 0.15) is 11.4 Å². The van der Waals surface area contributed by atoms with Crippen LogP contribution in [0.3, 0.4) is 0 Å². The third-order valence-electron chi connectivity index (χ3n) is 10.6. The average molecular weight is 621 g/mol. The van der Waals surface area contributed by atoms with Crippen molar-refractivity contribution in [2.45, 2.75) is 6.42 Å². The van der Waals surface area contributed by atoms with E-state index in [0.29, 0.717) is 6.42 Å². The third kappa shape index (κ3) is 3.89. The van der Waals surface area contributed by atoms with Crippen LogP contribution in [0.15, 0.2) is 158 Å². The quantitative estimate of drug-likeness (QED) is 0.184. The monoisotopic (exact) mass is 620 g/mol. The smallest absolute Gasteiger partial charge is 0.134 e. The minimum absolute atomic E-state index is 0.633. The Bertz CT molecular complexity index is 3010. The van der Waals surface area contributed by atoms with Crippen molar-refractivity contribution >= 4 is 64.8 Å². The zero-order chi connectivity index (χ0) is 32.1. The van der Waals surface area contributed by atoms with Gasteiger partial charge in [-0.25, -0.2) is 9.97 Å². The molecule has 0 amide bonds. The minimum atomic E-state index is 0.633. The lowest BCUT2D eigenvalue weighted by Crippen LogP contribution is -2.01. The van der Waals surface area contributed by atoms with Crippen molar-refractivity contribution in [3.63, 3.8) is 0 Å². The van der Waals surface area contributed by atoms with E-state index in [0.717, 1.165) is 28.0 Å². The maximum Gasteiger partial charge on any atom is 0.134 e. The van der Waals surface area contributed by atoms with Gasteiger partial charge in [-0.15, -0.1) is 0 Å². The first-order chi connectivity index (χ1) is 24.3. The fourth-order valence-corrected chi connectivity index (χ4v) is 8.42. The molecule has 0 radical (unpaired) electrons. The van der Waals surface area contributed by atoms with Gasteiger partial charge >= 0.3 is 0 Å². The fourth-order valence-electron chi connectivity index (χ4n) is 8.42. The Morgan fingerprint density at radius 1 is 0.367 bits per heavy atom. The van der Waals surface area contributed by atoms with Gasteiger partial charge in [0.15, 0.2) is 0 Å². The van der Waals surface area contributed by atoms with Crippen LogP contribution in [-0.4, -0.2) is 9.97 Å². The highest BCUT2D eigenvalue weighted by Gasteiger charge is 2.24. The molecule has 9 aromatic carbocycles. The lowest BCUT2D eigenvalue weighted by Gasteiger charge is -2.16. The summed E-state index contributed by atoms with van der Waals surface area (Å²) in [5, 5.41) is 13.9. The largest absolute Gasteiger partial charge is 0.233 e. The molecule has 2 nitrogen and oxygen atoms in total. The van der Waals surface area contributed by atoms with Crippen molar-refractivity contribution in [2.24, 2.45) is 0 Å². The average Bonchev–Trinajstić information content (AvgIpc) is 3.28. The second-order valence-corrected chi connectivity index (χ2v) is 13.3. The van der Waals surface area contributed by atoms with E-state index in [4.69, 9.17) is 9.97 Å². The van der Waals surface area contributed by atoms with Gasteiger partial charge in [0.25, 0.3) is 0 Å². The lowest BCUT2D eigenvalue weighted by atomic mass is 9.88. The molecule has 1 heterocycles. The predicted molar refractivity (Wildman–Crippen MR) is 206 cm³/mol. The molecule has 0 atom stereocenters. The number of hydrogen-bond acceptors (Lipinski definition) is 2. The van der Waals surface area contributed by atoms with E-state index in [-0.39, 0.29) is 0 Å². The summed E-state index contributed by atoms with van der Waals surface area (Å²) in [6.45, 7) is 0. The van der Waals surface area contributed by atoms with Gasteiger partial charge in [-0.2, -0.15) is 0 Å². The van der Waals surface area contributed by atoms with Crippen molar-refractivity contribution in [3.05, 3.63) is 169 Å². The Balaban J connectivity index is 1.25. The van der Waals surface area contributed by atoms with Gasteiger partial charge in [0, 0.05) is 17.4 Å². The molecule has 0 aliphatic heterocycles. The first-order valence-corrected chi connectivity index (χ1v) is 17.0. The Morgan fingerprint density at radius 2 is 1.02 bits per heavy atom. The molecule has 1 aliphatic rings. The summed E-state index contributed by atoms with van der Waals surface area (Å²) in [5.41, 5.74) is 9.45. The van der Waals surface area contributed by atoms with E-state index in [2.05, 4.69) is 158 Å². The van der Waals surface area contributed by atoms with Crippen LogP contribution in [0.25, 0.3) is 98.3 Å². The van der Waals surface area contributed by atoms with E-state index in [1.165, 1.54) is 81.7 Å². The van der Waals surface area contributed by atoms with Crippen molar-refractivity contribution < 1.29 is 0 Å². The van der Waals surface area contributed by atoms with E-state index in [9.17, 15) is 0 Å². The zero-order valence-electron chi connectivity index (χ0n) is 26.6. The summed E-state index contributed by atoms with van der Waals surface area (Å²) < 4.78 is 0. The molecule has 0 bridgehead atoms. The highest BCUT2D eigenvalue weighted by atomic mass is 14.9. The fraction of sp³-hybridized carbons (Fsp3) is 0.0213. The Kier molecular flexibility index (Phi) is 5.47. The van der Waals surface area contributed by atoms with E-state index in [1.807, 2.05) is 0 Å². The third-order valence-corrected chi connectivity index (χ3v) is 10.6. The topological polar surface area (TPSA) is 25.8 Å². The van der Waals surface area contributed by atoms with Crippen molar-refractivity contribution in [3.8, 4) is 33.5 Å².